The molecule has 2 N–H and O–H groups in total. The standard InChI is InChI=1S/C7H16O2S2/c1-10-3-2-4-11-6-7(9)5-8/h7-9H,2-6H2,1H3. The number of aliphatic hydroxyl groups excluding tert-OH is 2. The van der Waals surface area contributed by atoms with Crippen LogP contribution in [0, 0.1) is 0 Å². The third-order valence-electron chi connectivity index (χ3n) is 1.16. The van der Waals surface area contributed by atoms with E-state index in [1.165, 1.54) is 12.2 Å². The highest BCUT2D eigenvalue weighted by atomic mass is 32.2. The zero-order valence-corrected chi connectivity index (χ0v) is 8.46. The second-order valence-corrected chi connectivity index (χ2v) is 4.39. The molecule has 0 saturated heterocycles. The van der Waals surface area contributed by atoms with E-state index >= 15 is 0 Å². The number of hydrogen-bond acceptors (Lipinski definition) is 4. The van der Waals surface area contributed by atoms with Crippen molar-refractivity contribution >= 4 is 23.5 Å². The van der Waals surface area contributed by atoms with Gasteiger partial charge in [0.05, 0.1) is 12.7 Å². The van der Waals surface area contributed by atoms with Gasteiger partial charge >= 0.3 is 0 Å². The smallest absolute Gasteiger partial charge is 0.0861 e. The van der Waals surface area contributed by atoms with Gasteiger partial charge in [0.2, 0.25) is 0 Å². The zero-order valence-electron chi connectivity index (χ0n) is 6.82. The van der Waals surface area contributed by atoms with Gasteiger partial charge in [0.25, 0.3) is 0 Å². The summed E-state index contributed by atoms with van der Waals surface area (Å²) in [5.74, 6) is 2.92. The van der Waals surface area contributed by atoms with Crippen LogP contribution in [0.5, 0.6) is 0 Å². The molecule has 0 aliphatic carbocycles. The molecule has 0 radical (unpaired) electrons. The number of thioether (sulfide) groups is 2. The summed E-state index contributed by atoms with van der Waals surface area (Å²) in [5.41, 5.74) is 0. The third-order valence-corrected chi connectivity index (χ3v) is 3.05. The third kappa shape index (κ3) is 8.53. The Morgan fingerprint density at radius 3 is 2.64 bits per heavy atom. The SMILES string of the molecule is CSCCCSCC(O)CO. The average molecular weight is 196 g/mol. The molecule has 0 aliphatic rings. The number of hydrogen-bond donors (Lipinski definition) is 2. The Balaban J connectivity index is 2.89. The van der Waals surface area contributed by atoms with Gasteiger partial charge in [0.15, 0.2) is 0 Å². The summed E-state index contributed by atoms with van der Waals surface area (Å²) in [4.78, 5) is 0. The lowest BCUT2D eigenvalue weighted by molar-refractivity contribution is 0.113. The van der Waals surface area contributed by atoms with E-state index in [2.05, 4.69) is 6.26 Å². The molecule has 0 aromatic carbocycles. The predicted molar refractivity (Wildman–Crippen MR) is 53.4 cm³/mol. The maximum absolute atomic E-state index is 8.94. The summed E-state index contributed by atoms with van der Waals surface area (Å²) in [6.07, 6.45) is 2.74. The normalized spacial score (nSPS) is 13.4. The molecule has 1 unspecified atom stereocenters. The molecule has 1 atom stereocenters. The zero-order chi connectivity index (χ0) is 8.53. The Kier molecular flexibility index (Phi) is 9.21. The lowest BCUT2D eigenvalue weighted by Crippen LogP contribution is -2.14. The molecule has 0 aromatic heterocycles. The summed E-state index contributed by atoms with van der Waals surface area (Å²) in [6, 6.07) is 0. The maximum atomic E-state index is 8.94. The monoisotopic (exact) mass is 196 g/mol. The van der Waals surface area contributed by atoms with Gasteiger partial charge in [-0.15, -0.1) is 0 Å². The summed E-state index contributed by atoms with van der Waals surface area (Å²) in [5, 5.41) is 17.4. The van der Waals surface area contributed by atoms with E-state index in [1.54, 1.807) is 11.8 Å². The van der Waals surface area contributed by atoms with Gasteiger partial charge < -0.3 is 10.2 Å². The summed E-state index contributed by atoms with van der Waals surface area (Å²) in [6.45, 7) is -0.116. The van der Waals surface area contributed by atoms with Gasteiger partial charge in [-0.2, -0.15) is 23.5 Å². The second kappa shape index (κ2) is 8.71. The molecule has 0 aromatic rings. The molecule has 2 nitrogen and oxygen atoms in total. The Labute approximate surface area is 76.8 Å². The molecular weight excluding hydrogens is 180 g/mol. The second-order valence-electron chi connectivity index (χ2n) is 2.26. The lowest BCUT2D eigenvalue weighted by atomic mass is 10.4. The molecule has 0 aliphatic heterocycles. The fourth-order valence-electron chi connectivity index (χ4n) is 0.577. The van der Waals surface area contributed by atoms with Crippen LogP contribution in [-0.4, -0.2) is 46.4 Å². The van der Waals surface area contributed by atoms with Gasteiger partial charge in [-0.3, -0.25) is 0 Å². The van der Waals surface area contributed by atoms with Crippen LogP contribution in [-0.2, 0) is 0 Å². The first-order valence-corrected chi connectivity index (χ1v) is 6.21. The first-order chi connectivity index (χ1) is 5.31. The van der Waals surface area contributed by atoms with Crippen molar-refractivity contribution in [1.29, 1.82) is 0 Å². The molecule has 0 rings (SSSR count). The summed E-state index contributed by atoms with van der Waals surface area (Å²) < 4.78 is 0. The highest BCUT2D eigenvalue weighted by molar-refractivity contribution is 7.99. The molecule has 4 heteroatoms. The van der Waals surface area contributed by atoms with Crippen molar-refractivity contribution in [3.63, 3.8) is 0 Å². The molecule has 0 bridgehead atoms. The van der Waals surface area contributed by atoms with Crippen LogP contribution in [0.25, 0.3) is 0 Å². The predicted octanol–water partition coefficient (Wildman–Crippen LogP) is 0.826. The van der Waals surface area contributed by atoms with Crippen molar-refractivity contribution in [2.24, 2.45) is 0 Å². The van der Waals surface area contributed by atoms with Crippen LogP contribution < -0.4 is 0 Å². The fourth-order valence-corrected chi connectivity index (χ4v) is 2.09. The Bertz CT molecular complexity index is 80.8. The van der Waals surface area contributed by atoms with Crippen molar-refractivity contribution < 1.29 is 10.2 Å². The average Bonchev–Trinajstić information content (AvgIpc) is 2.04. The van der Waals surface area contributed by atoms with E-state index in [0.717, 1.165) is 5.75 Å². The molecule has 0 saturated carbocycles. The minimum absolute atomic E-state index is 0.116. The summed E-state index contributed by atoms with van der Waals surface area (Å²) >= 11 is 3.54. The Morgan fingerprint density at radius 1 is 1.36 bits per heavy atom. The van der Waals surface area contributed by atoms with Crippen LogP contribution >= 0.6 is 23.5 Å². The lowest BCUT2D eigenvalue weighted by Gasteiger charge is -2.05. The van der Waals surface area contributed by atoms with Crippen LogP contribution in [0.4, 0.5) is 0 Å². The van der Waals surface area contributed by atoms with Gasteiger partial charge in [-0.25, -0.2) is 0 Å². The van der Waals surface area contributed by atoms with E-state index in [9.17, 15) is 0 Å². The van der Waals surface area contributed by atoms with Crippen LogP contribution in [0.15, 0.2) is 0 Å². The number of rotatable bonds is 7. The molecular formula is C7H16O2S2. The van der Waals surface area contributed by atoms with Crippen molar-refractivity contribution in [1.82, 2.24) is 0 Å². The van der Waals surface area contributed by atoms with E-state index in [4.69, 9.17) is 10.2 Å². The first-order valence-electron chi connectivity index (χ1n) is 3.67. The van der Waals surface area contributed by atoms with Crippen molar-refractivity contribution in [3.8, 4) is 0 Å². The topological polar surface area (TPSA) is 40.5 Å². The maximum Gasteiger partial charge on any atom is 0.0861 e. The van der Waals surface area contributed by atoms with Crippen molar-refractivity contribution in [2.45, 2.75) is 12.5 Å². The quantitative estimate of drug-likeness (QED) is 0.592. The van der Waals surface area contributed by atoms with Crippen molar-refractivity contribution in [2.75, 3.05) is 30.1 Å². The Hall–Kier alpha value is 0.620. The van der Waals surface area contributed by atoms with E-state index < -0.39 is 6.10 Å². The fraction of sp³-hybridized carbons (Fsp3) is 1.00. The minimum Gasteiger partial charge on any atom is -0.394 e. The first kappa shape index (κ1) is 11.6. The molecule has 68 valence electrons. The van der Waals surface area contributed by atoms with Gasteiger partial charge in [-0.1, -0.05) is 0 Å². The molecule has 0 heterocycles. The van der Waals surface area contributed by atoms with E-state index in [1.807, 2.05) is 11.8 Å². The van der Waals surface area contributed by atoms with Crippen molar-refractivity contribution in [3.05, 3.63) is 0 Å². The van der Waals surface area contributed by atoms with E-state index in [0.29, 0.717) is 5.75 Å². The minimum atomic E-state index is -0.533. The molecule has 11 heavy (non-hydrogen) atoms. The highest BCUT2D eigenvalue weighted by Crippen LogP contribution is 2.06. The van der Waals surface area contributed by atoms with E-state index in [-0.39, 0.29) is 6.61 Å². The largest absolute Gasteiger partial charge is 0.394 e. The molecule has 0 spiro atoms. The molecule has 0 fully saturated rings. The number of aliphatic hydroxyl groups is 2. The summed E-state index contributed by atoms with van der Waals surface area (Å²) in [7, 11) is 0. The van der Waals surface area contributed by atoms with Crippen LogP contribution in [0.2, 0.25) is 0 Å². The Morgan fingerprint density at radius 2 is 2.09 bits per heavy atom. The van der Waals surface area contributed by atoms with Gasteiger partial charge in [-0.05, 0) is 24.2 Å². The van der Waals surface area contributed by atoms with Gasteiger partial charge in [0.1, 0.15) is 0 Å². The van der Waals surface area contributed by atoms with Crippen LogP contribution in [0.1, 0.15) is 6.42 Å². The highest BCUT2D eigenvalue weighted by Gasteiger charge is 2.00. The van der Waals surface area contributed by atoms with Gasteiger partial charge in [0, 0.05) is 5.75 Å². The van der Waals surface area contributed by atoms with Crippen LogP contribution in [0.3, 0.4) is 0 Å². The molecule has 0 amide bonds.